The maximum absolute atomic E-state index is 12.7. The number of rotatable bonds is 4. The summed E-state index contributed by atoms with van der Waals surface area (Å²) in [6.45, 7) is 1.80. The van der Waals surface area contributed by atoms with Gasteiger partial charge in [0.15, 0.2) is 15.8 Å². The molecule has 0 spiro atoms. The lowest BCUT2D eigenvalue weighted by atomic mass is 10.0. The van der Waals surface area contributed by atoms with Crippen molar-refractivity contribution in [3.05, 3.63) is 11.6 Å². The number of sulfonamides is 1. The molecule has 1 atom stereocenters. The third-order valence-electron chi connectivity index (χ3n) is 3.67. The topological polar surface area (TPSA) is 89.9 Å². The summed E-state index contributed by atoms with van der Waals surface area (Å²) in [7, 11) is -2.08. The van der Waals surface area contributed by atoms with Crippen LogP contribution in [0.5, 0.6) is 0 Å². The van der Waals surface area contributed by atoms with E-state index >= 15 is 0 Å². The highest BCUT2D eigenvalue weighted by atomic mass is 32.2. The second-order valence-electron chi connectivity index (χ2n) is 5.23. The Labute approximate surface area is 127 Å². The molecule has 1 aliphatic rings. The van der Waals surface area contributed by atoms with E-state index in [9.17, 15) is 8.42 Å². The summed E-state index contributed by atoms with van der Waals surface area (Å²) in [6.07, 6.45) is 3.63. The highest BCUT2D eigenvalue weighted by molar-refractivity contribution is 7.89. The Morgan fingerprint density at radius 3 is 3.14 bits per heavy atom. The molecule has 1 fully saturated rings. The first-order valence-electron chi connectivity index (χ1n) is 6.75. The third kappa shape index (κ3) is 2.66. The van der Waals surface area contributed by atoms with E-state index in [1.165, 1.54) is 20.0 Å². The van der Waals surface area contributed by atoms with Gasteiger partial charge < -0.3 is 10.5 Å². The van der Waals surface area contributed by atoms with E-state index in [-0.39, 0.29) is 16.8 Å². The fraction of sp³-hybridized carbons (Fsp3) is 0.583. The molecule has 7 nitrogen and oxygen atoms in total. The Bertz CT molecular complexity index is 731. The van der Waals surface area contributed by atoms with E-state index < -0.39 is 10.0 Å². The molecule has 2 aromatic rings. The number of nitrogens with zero attached hydrogens (tertiary/aromatic N) is 3. The van der Waals surface area contributed by atoms with Crippen LogP contribution < -0.4 is 5.73 Å². The van der Waals surface area contributed by atoms with Crippen LogP contribution in [-0.2, 0) is 14.8 Å². The van der Waals surface area contributed by atoms with Crippen LogP contribution in [0.15, 0.2) is 16.6 Å². The van der Waals surface area contributed by atoms with Crippen molar-refractivity contribution in [2.45, 2.75) is 17.9 Å². The summed E-state index contributed by atoms with van der Waals surface area (Å²) >= 11 is 1.35. The normalized spacial score (nSPS) is 20.4. The van der Waals surface area contributed by atoms with Crippen LogP contribution in [0.2, 0.25) is 0 Å². The van der Waals surface area contributed by atoms with Gasteiger partial charge in [-0.3, -0.25) is 4.40 Å². The van der Waals surface area contributed by atoms with Crippen molar-refractivity contribution in [2.24, 2.45) is 5.92 Å². The zero-order valence-corrected chi connectivity index (χ0v) is 13.4. The Balaban J connectivity index is 1.88. The summed E-state index contributed by atoms with van der Waals surface area (Å²) in [6, 6.07) is 0. The largest absolute Gasteiger partial charge is 0.381 e. The lowest BCUT2D eigenvalue weighted by molar-refractivity contribution is 0.0495. The first-order valence-corrected chi connectivity index (χ1v) is 9.07. The highest BCUT2D eigenvalue weighted by Crippen LogP contribution is 2.26. The maximum atomic E-state index is 12.7. The van der Waals surface area contributed by atoms with Crippen molar-refractivity contribution in [2.75, 3.05) is 32.5 Å². The van der Waals surface area contributed by atoms with Crippen molar-refractivity contribution < 1.29 is 13.2 Å². The average molecular weight is 330 g/mol. The zero-order valence-electron chi connectivity index (χ0n) is 11.7. The van der Waals surface area contributed by atoms with Crippen LogP contribution in [0.1, 0.15) is 12.8 Å². The molecule has 0 amide bonds. The van der Waals surface area contributed by atoms with Crippen LogP contribution in [0.3, 0.4) is 0 Å². The highest BCUT2D eigenvalue weighted by Gasteiger charge is 2.30. The number of imidazole rings is 1. The van der Waals surface area contributed by atoms with E-state index in [1.807, 2.05) is 0 Å². The molecule has 1 saturated heterocycles. The number of aromatic nitrogens is 2. The molecule has 0 aromatic carbocycles. The fourth-order valence-corrected chi connectivity index (χ4v) is 4.79. The minimum Gasteiger partial charge on any atom is -0.381 e. The molecule has 3 rings (SSSR count). The number of nitrogens with two attached hydrogens (primary N) is 1. The molecule has 0 saturated carbocycles. The Morgan fingerprint density at radius 1 is 1.62 bits per heavy atom. The van der Waals surface area contributed by atoms with Gasteiger partial charge in [-0.1, -0.05) is 0 Å². The van der Waals surface area contributed by atoms with E-state index in [1.54, 1.807) is 18.6 Å². The summed E-state index contributed by atoms with van der Waals surface area (Å²) < 4.78 is 33.8. The van der Waals surface area contributed by atoms with Gasteiger partial charge in [-0.2, -0.15) is 4.31 Å². The van der Waals surface area contributed by atoms with Gasteiger partial charge in [-0.15, -0.1) is 11.3 Å². The van der Waals surface area contributed by atoms with Crippen LogP contribution >= 0.6 is 11.3 Å². The van der Waals surface area contributed by atoms with Crippen molar-refractivity contribution in [3.8, 4) is 0 Å². The van der Waals surface area contributed by atoms with E-state index in [0.717, 1.165) is 19.4 Å². The molecular weight excluding hydrogens is 312 g/mol. The van der Waals surface area contributed by atoms with Gasteiger partial charge in [0.1, 0.15) is 0 Å². The molecule has 1 aliphatic heterocycles. The summed E-state index contributed by atoms with van der Waals surface area (Å²) in [5, 5.41) is 1.84. The first kappa shape index (κ1) is 14.8. The van der Waals surface area contributed by atoms with E-state index in [0.29, 0.717) is 18.1 Å². The maximum Gasteiger partial charge on any atom is 0.262 e. The van der Waals surface area contributed by atoms with Crippen LogP contribution in [0, 0.1) is 5.92 Å². The molecule has 0 aliphatic carbocycles. The van der Waals surface area contributed by atoms with Crippen LogP contribution in [0.4, 0.5) is 5.82 Å². The number of nitrogen functional groups attached to an aromatic ring is 1. The fourth-order valence-electron chi connectivity index (χ4n) is 2.60. The number of fused-ring (bicyclic) bond motifs is 1. The SMILES string of the molecule is CN(CC1CCCOC1)S(=O)(=O)c1c(N)nc2sccn12. The quantitative estimate of drug-likeness (QED) is 0.904. The van der Waals surface area contributed by atoms with Gasteiger partial charge in [0.05, 0.1) is 6.61 Å². The molecule has 9 heteroatoms. The lowest BCUT2D eigenvalue weighted by Gasteiger charge is -2.26. The lowest BCUT2D eigenvalue weighted by Crippen LogP contribution is -2.35. The summed E-state index contributed by atoms with van der Waals surface area (Å²) in [4.78, 5) is 4.68. The van der Waals surface area contributed by atoms with Crippen molar-refractivity contribution in [1.82, 2.24) is 13.7 Å². The van der Waals surface area contributed by atoms with Gasteiger partial charge in [-0.25, -0.2) is 13.4 Å². The van der Waals surface area contributed by atoms with Crippen molar-refractivity contribution in [1.29, 1.82) is 0 Å². The standard InChI is InChI=1S/C12H18N4O3S2/c1-15(7-9-3-2-5-19-8-9)21(17,18)11-10(13)14-12-16(11)4-6-20-12/h4,6,9H,2-3,5,7-8,13H2,1H3. The molecule has 21 heavy (non-hydrogen) atoms. The second-order valence-corrected chi connectivity index (χ2v) is 8.06. The average Bonchev–Trinajstić information content (AvgIpc) is 2.99. The van der Waals surface area contributed by atoms with E-state index in [4.69, 9.17) is 10.5 Å². The number of ether oxygens (including phenoxy) is 1. The van der Waals surface area contributed by atoms with Gasteiger partial charge in [0, 0.05) is 31.8 Å². The first-order chi connectivity index (χ1) is 10.00. The smallest absolute Gasteiger partial charge is 0.262 e. The van der Waals surface area contributed by atoms with E-state index in [2.05, 4.69) is 4.98 Å². The molecule has 1 unspecified atom stereocenters. The molecule has 2 aromatic heterocycles. The van der Waals surface area contributed by atoms with Gasteiger partial charge in [0.2, 0.25) is 0 Å². The Kier molecular flexibility index (Phi) is 3.91. The number of anilines is 1. The molecule has 0 radical (unpaired) electrons. The monoisotopic (exact) mass is 330 g/mol. The van der Waals surface area contributed by atoms with Crippen LogP contribution in [-0.4, -0.2) is 48.9 Å². The summed E-state index contributed by atoms with van der Waals surface area (Å²) in [5.41, 5.74) is 5.80. The van der Waals surface area contributed by atoms with Gasteiger partial charge >= 0.3 is 0 Å². The molecular formula is C12H18N4O3S2. The number of hydrogen-bond acceptors (Lipinski definition) is 6. The van der Waals surface area contributed by atoms with Gasteiger partial charge in [0.25, 0.3) is 10.0 Å². The van der Waals surface area contributed by atoms with Crippen LogP contribution in [0.25, 0.3) is 4.96 Å². The minimum atomic E-state index is -3.66. The molecule has 2 N–H and O–H groups in total. The number of thiazole rings is 1. The Hall–Kier alpha value is -1.16. The predicted octanol–water partition coefficient (Wildman–Crippen LogP) is 1.03. The van der Waals surface area contributed by atoms with Gasteiger partial charge in [-0.05, 0) is 18.8 Å². The molecule has 3 heterocycles. The third-order valence-corrected chi connectivity index (χ3v) is 6.29. The van der Waals surface area contributed by atoms with Crippen molar-refractivity contribution in [3.63, 3.8) is 0 Å². The van der Waals surface area contributed by atoms with Crippen molar-refractivity contribution >= 4 is 32.1 Å². The Morgan fingerprint density at radius 2 is 2.43 bits per heavy atom. The zero-order chi connectivity index (χ0) is 15.0. The molecule has 0 bridgehead atoms. The molecule has 116 valence electrons. The second kappa shape index (κ2) is 5.56. The minimum absolute atomic E-state index is 0.0496. The summed E-state index contributed by atoms with van der Waals surface area (Å²) in [5.74, 6) is 0.277. The number of hydrogen-bond donors (Lipinski definition) is 1. The predicted molar refractivity (Wildman–Crippen MR) is 80.8 cm³/mol.